The van der Waals surface area contributed by atoms with Crippen molar-refractivity contribution in [2.75, 3.05) is 5.32 Å². The fourth-order valence-electron chi connectivity index (χ4n) is 4.51. The molecule has 0 aliphatic heterocycles. The summed E-state index contributed by atoms with van der Waals surface area (Å²) in [5.41, 5.74) is 7.04. The molecule has 0 spiro atoms. The maximum atomic E-state index is 5.20. The van der Waals surface area contributed by atoms with Gasteiger partial charge in [0, 0.05) is 31.6 Å². The Bertz CT molecular complexity index is 1440. The highest BCUT2D eigenvalue weighted by Crippen LogP contribution is 2.41. The molecule has 0 radical (unpaired) electrons. The molecule has 2 aromatic heterocycles. The first kappa shape index (κ1) is 22.6. The lowest BCUT2D eigenvalue weighted by atomic mass is 9.96. The molecule has 0 aliphatic rings. The van der Waals surface area contributed by atoms with Crippen LogP contribution < -0.4 is 5.32 Å². The highest BCUT2D eigenvalue weighted by molar-refractivity contribution is 7.19. The molecule has 0 saturated heterocycles. The summed E-state index contributed by atoms with van der Waals surface area (Å²) >= 11 is 3.56. The van der Waals surface area contributed by atoms with Crippen LogP contribution in [0.15, 0.2) is 84.8 Å². The molecule has 1 unspecified atom stereocenters. The number of aromatic nitrogens is 1. The second-order valence-corrected chi connectivity index (χ2v) is 10.9. The van der Waals surface area contributed by atoms with Crippen molar-refractivity contribution < 1.29 is 0 Å². The van der Waals surface area contributed by atoms with E-state index in [0.29, 0.717) is 5.92 Å². The molecule has 170 valence electrons. The molecule has 34 heavy (non-hydrogen) atoms. The zero-order chi connectivity index (χ0) is 23.7. The van der Waals surface area contributed by atoms with Gasteiger partial charge < -0.3 is 5.32 Å². The molecule has 2 nitrogen and oxygen atoms in total. The van der Waals surface area contributed by atoms with Crippen LogP contribution >= 0.6 is 22.7 Å². The summed E-state index contributed by atoms with van der Waals surface area (Å²) in [7, 11) is 0. The van der Waals surface area contributed by atoms with Gasteiger partial charge in [0.1, 0.15) is 11.0 Å². The van der Waals surface area contributed by atoms with Crippen molar-refractivity contribution >= 4 is 44.5 Å². The Morgan fingerprint density at radius 1 is 0.941 bits per heavy atom. The molecule has 0 bridgehead atoms. The molecule has 0 aliphatic carbocycles. The van der Waals surface area contributed by atoms with E-state index in [1.165, 1.54) is 31.7 Å². The van der Waals surface area contributed by atoms with Crippen LogP contribution in [0, 0.1) is 6.92 Å². The standard InChI is InChI=1S/C30H28N2S2/c1-5-21-14-11-16-23(19(2)3)28(21)32-29(22-12-7-6-8-13-22)30-31-25(18-33-30)27-20(4)34-26-17-10-9-15-24(26)27/h5-19,29,32H,1H2,2-4H3. The van der Waals surface area contributed by atoms with Crippen molar-refractivity contribution in [2.45, 2.75) is 32.7 Å². The average molecular weight is 481 g/mol. The Morgan fingerprint density at radius 3 is 2.47 bits per heavy atom. The molecule has 5 rings (SSSR count). The normalized spacial score (nSPS) is 12.2. The summed E-state index contributed by atoms with van der Waals surface area (Å²) in [6, 6.07) is 25.6. The molecule has 1 atom stereocenters. The number of hydrogen-bond acceptors (Lipinski definition) is 4. The van der Waals surface area contributed by atoms with Gasteiger partial charge in [0.05, 0.1) is 5.69 Å². The molecule has 0 amide bonds. The Labute approximate surface area is 209 Å². The SMILES string of the molecule is C=Cc1cccc(C(C)C)c1NC(c1ccccc1)c1nc(-c2c(C)sc3ccccc23)cs1. The topological polar surface area (TPSA) is 24.9 Å². The summed E-state index contributed by atoms with van der Waals surface area (Å²) in [5, 5.41) is 8.42. The van der Waals surface area contributed by atoms with Gasteiger partial charge in [0.25, 0.3) is 0 Å². The Hall–Kier alpha value is -3.21. The molecular formula is C30H28N2S2. The van der Waals surface area contributed by atoms with E-state index in [1.54, 1.807) is 11.3 Å². The van der Waals surface area contributed by atoms with Gasteiger partial charge in [0.2, 0.25) is 0 Å². The number of aryl methyl sites for hydroxylation is 1. The number of fused-ring (bicyclic) bond motifs is 1. The Morgan fingerprint density at radius 2 is 1.71 bits per heavy atom. The van der Waals surface area contributed by atoms with Crippen molar-refractivity contribution in [3.63, 3.8) is 0 Å². The zero-order valence-electron chi connectivity index (χ0n) is 19.7. The maximum absolute atomic E-state index is 5.20. The van der Waals surface area contributed by atoms with Gasteiger partial charge in [0.15, 0.2) is 0 Å². The molecule has 1 N–H and O–H groups in total. The minimum Gasteiger partial charge on any atom is -0.371 e. The smallest absolute Gasteiger partial charge is 0.120 e. The summed E-state index contributed by atoms with van der Waals surface area (Å²) in [4.78, 5) is 6.51. The average Bonchev–Trinajstić information content (AvgIpc) is 3.46. The van der Waals surface area contributed by atoms with E-state index in [4.69, 9.17) is 4.98 Å². The maximum Gasteiger partial charge on any atom is 0.120 e. The highest BCUT2D eigenvalue weighted by atomic mass is 32.1. The molecule has 0 saturated carbocycles. The van der Waals surface area contributed by atoms with Crippen LogP contribution in [0.4, 0.5) is 5.69 Å². The van der Waals surface area contributed by atoms with E-state index in [-0.39, 0.29) is 6.04 Å². The van der Waals surface area contributed by atoms with Crippen molar-refractivity contribution in [3.05, 3.63) is 111 Å². The molecule has 3 aromatic carbocycles. The lowest BCUT2D eigenvalue weighted by Crippen LogP contribution is -2.15. The first-order valence-electron chi connectivity index (χ1n) is 11.6. The summed E-state index contributed by atoms with van der Waals surface area (Å²) < 4.78 is 1.31. The lowest BCUT2D eigenvalue weighted by molar-refractivity contribution is 0.852. The highest BCUT2D eigenvalue weighted by Gasteiger charge is 2.22. The summed E-state index contributed by atoms with van der Waals surface area (Å²) in [5.74, 6) is 0.394. The van der Waals surface area contributed by atoms with Gasteiger partial charge in [-0.3, -0.25) is 0 Å². The first-order chi connectivity index (χ1) is 16.6. The van der Waals surface area contributed by atoms with Gasteiger partial charge in [-0.2, -0.15) is 0 Å². The van der Waals surface area contributed by atoms with Gasteiger partial charge >= 0.3 is 0 Å². The Kier molecular flexibility index (Phi) is 6.36. The third-order valence-corrected chi connectivity index (χ3v) is 8.18. The quantitative estimate of drug-likeness (QED) is 0.251. The van der Waals surface area contributed by atoms with E-state index >= 15 is 0 Å². The first-order valence-corrected chi connectivity index (χ1v) is 13.3. The van der Waals surface area contributed by atoms with Crippen LogP contribution in [0.5, 0.6) is 0 Å². The van der Waals surface area contributed by atoms with Crippen molar-refractivity contribution in [1.29, 1.82) is 0 Å². The fourth-order valence-corrected chi connectivity index (χ4v) is 6.46. The van der Waals surface area contributed by atoms with Crippen LogP contribution in [-0.2, 0) is 0 Å². The number of nitrogens with one attached hydrogen (secondary N) is 1. The van der Waals surface area contributed by atoms with E-state index in [9.17, 15) is 0 Å². The van der Waals surface area contributed by atoms with Crippen LogP contribution in [0.1, 0.15) is 52.4 Å². The monoisotopic (exact) mass is 480 g/mol. The Balaban J connectivity index is 1.62. The molecule has 2 heterocycles. The number of rotatable bonds is 7. The van der Waals surface area contributed by atoms with Crippen LogP contribution in [0.25, 0.3) is 27.4 Å². The van der Waals surface area contributed by atoms with Gasteiger partial charge in [-0.15, -0.1) is 22.7 Å². The zero-order valence-corrected chi connectivity index (χ0v) is 21.3. The summed E-state index contributed by atoms with van der Waals surface area (Å²) in [6.07, 6.45) is 1.93. The van der Waals surface area contributed by atoms with Crippen molar-refractivity contribution in [1.82, 2.24) is 4.98 Å². The van der Waals surface area contributed by atoms with E-state index in [2.05, 4.69) is 111 Å². The predicted molar refractivity (Wildman–Crippen MR) is 150 cm³/mol. The van der Waals surface area contributed by atoms with Crippen LogP contribution in [0.2, 0.25) is 0 Å². The number of anilines is 1. The number of benzene rings is 3. The minimum atomic E-state index is -0.0521. The van der Waals surface area contributed by atoms with E-state index in [0.717, 1.165) is 22.0 Å². The summed E-state index contributed by atoms with van der Waals surface area (Å²) in [6.45, 7) is 10.7. The van der Waals surface area contributed by atoms with E-state index < -0.39 is 0 Å². The molecule has 4 heteroatoms. The fraction of sp³-hybridized carbons (Fsp3) is 0.167. The van der Waals surface area contributed by atoms with E-state index in [1.807, 2.05) is 17.4 Å². The van der Waals surface area contributed by atoms with Crippen LogP contribution in [-0.4, -0.2) is 4.98 Å². The number of thiophene rings is 1. The number of hydrogen-bond donors (Lipinski definition) is 1. The lowest BCUT2D eigenvalue weighted by Gasteiger charge is -2.23. The number of thiazole rings is 1. The van der Waals surface area contributed by atoms with Gasteiger partial charge in [-0.1, -0.05) is 93.2 Å². The molecule has 5 aromatic rings. The van der Waals surface area contributed by atoms with Crippen LogP contribution in [0.3, 0.4) is 0 Å². The minimum absolute atomic E-state index is 0.0521. The third-order valence-electron chi connectivity index (χ3n) is 6.19. The molecule has 0 fully saturated rings. The predicted octanol–water partition coefficient (Wildman–Crippen LogP) is 9.30. The largest absolute Gasteiger partial charge is 0.371 e. The second-order valence-electron chi connectivity index (χ2n) is 8.76. The number of para-hydroxylation sites is 1. The van der Waals surface area contributed by atoms with Crippen molar-refractivity contribution in [2.24, 2.45) is 0 Å². The molecular weight excluding hydrogens is 452 g/mol. The number of nitrogens with zero attached hydrogens (tertiary/aromatic N) is 1. The third kappa shape index (κ3) is 4.20. The van der Waals surface area contributed by atoms with Crippen molar-refractivity contribution in [3.8, 4) is 11.3 Å². The van der Waals surface area contributed by atoms with Gasteiger partial charge in [-0.05, 0) is 35.6 Å². The second kappa shape index (κ2) is 9.57. The van der Waals surface area contributed by atoms with Gasteiger partial charge in [-0.25, -0.2) is 4.98 Å².